The lowest BCUT2D eigenvalue weighted by Crippen LogP contribution is -2.42. The summed E-state index contributed by atoms with van der Waals surface area (Å²) in [5.41, 5.74) is 0.353. The molecule has 1 aliphatic heterocycles. The number of aromatic hydroxyl groups is 2. The van der Waals surface area contributed by atoms with E-state index in [9.17, 15) is 15.0 Å². The Bertz CT molecular complexity index is 462. The molecule has 0 aliphatic carbocycles. The van der Waals surface area contributed by atoms with Gasteiger partial charge in [0.25, 0.3) is 5.91 Å². The molecule has 1 fully saturated rings. The van der Waals surface area contributed by atoms with Crippen LogP contribution in [0.5, 0.6) is 11.5 Å². The standard InChI is InChI=1S/C14H20N2O3/c1-9-4-5-15-7-11(9)8-16-14(19)10-2-3-12(17)13(18)6-10/h2-3,6,9,11,15,17-18H,4-5,7-8H2,1H3,(H,16,19). The molecule has 0 bridgehead atoms. The lowest BCUT2D eigenvalue weighted by atomic mass is 9.88. The Morgan fingerprint density at radius 1 is 1.42 bits per heavy atom. The molecule has 0 aromatic heterocycles. The molecule has 1 saturated heterocycles. The fourth-order valence-corrected chi connectivity index (χ4v) is 2.32. The van der Waals surface area contributed by atoms with Crippen molar-refractivity contribution in [1.82, 2.24) is 10.6 Å². The molecule has 4 N–H and O–H groups in total. The first kappa shape index (κ1) is 13.7. The molecule has 5 heteroatoms. The summed E-state index contributed by atoms with van der Waals surface area (Å²) in [6, 6.07) is 4.08. The first-order chi connectivity index (χ1) is 9.08. The van der Waals surface area contributed by atoms with Gasteiger partial charge in [-0.25, -0.2) is 0 Å². The molecule has 19 heavy (non-hydrogen) atoms. The van der Waals surface area contributed by atoms with E-state index < -0.39 is 0 Å². The normalized spacial score (nSPS) is 23.0. The maximum atomic E-state index is 11.9. The van der Waals surface area contributed by atoms with Crippen molar-refractivity contribution in [3.05, 3.63) is 23.8 Å². The third-order valence-electron chi connectivity index (χ3n) is 3.75. The molecule has 1 aliphatic rings. The molecule has 1 heterocycles. The summed E-state index contributed by atoms with van der Waals surface area (Å²) in [4.78, 5) is 11.9. The van der Waals surface area contributed by atoms with Crippen LogP contribution in [0.3, 0.4) is 0 Å². The predicted octanol–water partition coefficient (Wildman–Crippen LogP) is 1.07. The molecule has 1 amide bonds. The summed E-state index contributed by atoms with van der Waals surface area (Å²) in [5, 5.41) is 24.8. The van der Waals surface area contributed by atoms with Crippen molar-refractivity contribution in [2.24, 2.45) is 11.8 Å². The minimum atomic E-state index is -0.277. The van der Waals surface area contributed by atoms with Gasteiger partial charge in [-0.15, -0.1) is 0 Å². The smallest absolute Gasteiger partial charge is 0.251 e. The summed E-state index contributed by atoms with van der Waals surface area (Å²) in [5.74, 6) is 0.299. The van der Waals surface area contributed by atoms with Crippen LogP contribution in [-0.4, -0.2) is 35.8 Å². The van der Waals surface area contributed by atoms with Crippen LogP contribution in [-0.2, 0) is 0 Å². The van der Waals surface area contributed by atoms with Crippen LogP contribution in [0, 0.1) is 11.8 Å². The highest BCUT2D eigenvalue weighted by Gasteiger charge is 2.21. The second-order valence-electron chi connectivity index (χ2n) is 5.14. The zero-order chi connectivity index (χ0) is 13.8. The van der Waals surface area contributed by atoms with E-state index >= 15 is 0 Å². The number of hydrogen-bond acceptors (Lipinski definition) is 4. The van der Waals surface area contributed by atoms with Crippen LogP contribution in [0.1, 0.15) is 23.7 Å². The summed E-state index contributed by atoms with van der Waals surface area (Å²) in [7, 11) is 0. The highest BCUT2D eigenvalue weighted by atomic mass is 16.3. The fraction of sp³-hybridized carbons (Fsp3) is 0.500. The van der Waals surface area contributed by atoms with E-state index in [0.29, 0.717) is 23.9 Å². The number of carbonyl (C=O) groups is 1. The molecule has 0 radical (unpaired) electrons. The highest BCUT2D eigenvalue weighted by Crippen LogP contribution is 2.25. The van der Waals surface area contributed by atoms with Gasteiger partial charge in [0.15, 0.2) is 11.5 Å². The number of carbonyl (C=O) groups excluding carboxylic acids is 1. The maximum Gasteiger partial charge on any atom is 0.251 e. The number of piperidine rings is 1. The van der Waals surface area contributed by atoms with Crippen molar-refractivity contribution < 1.29 is 15.0 Å². The Morgan fingerprint density at radius 2 is 2.21 bits per heavy atom. The minimum absolute atomic E-state index is 0.221. The Balaban J connectivity index is 1.91. The summed E-state index contributed by atoms with van der Waals surface area (Å²) in [6.45, 7) is 4.78. The summed E-state index contributed by atoms with van der Waals surface area (Å²) < 4.78 is 0. The number of benzene rings is 1. The van der Waals surface area contributed by atoms with Crippen LogP contribution < -0.4 is 10.6 Å². The summed E-state index contributed by atoms with van der Waals surface area (Å²) in [6.07, 6.45) is 1.13. The molecular formula is C14H20N2O3. The SMILES string of the molecule is CC1CCNCC1CNC(=O)c1ccc(O)c(O)c1. The van der Waals surface area contributed by atoms with Gasteiger partial charge in [-0.3, -0.25) is 4.79 Å². The van der Waals surface area contributed by atoms with Crippen LogP contribution in [0.25, 0.3) is 0 Å². The number of rotatable bonds is 3. The van der Waals surface area contributed by atoms with Gasteiger partial charge in [0.05, 0.1) is 0 Å². The second kappa shape index (κ2) is 5.93. The van der Waals surface area contributed by atoms with Gasteiger partial charge in [-0.05, 0) is 49.5 Å². The van der Waals surface area contributed by atoms with Gasteiger partial charge in [0, 0.05) is 12.1 Å². The highest BCUT2D eigenvalue weighted by molar-refractivity contribution is 5.94. The van der Waals surface area contributed by atoms with Crippen molar-refractivity contribution in [3.63, 3.8) is 0 Å². The third-order valence-corrected chi connectivity index (χ3v) is 3.75. The summed E-state index contributed by atoms with van der Waals surface area (Å²) >= 11 is 0. The molecule has 2 atom stereocenters. The van der Waals surface area contributed by atoms with Crippen LogP contribution in [0.4, 0.5) is 0 Å². The van der Waals surface area contributed by atoms with Gasteiger partial charge >= 0.3 is 0 Å². The number of nitrogens with one attached hydrogen (secondary N) is 2. The Hall–Kier alpha value is -1.75. The van der Waals surface area contributed by atoms with Crippen molar-refractivity contribution in [2.75, 3.05) is 19.6 Å². The third kappa shape index (κ3) is 3.38. The van der Waals surface area contributed by atoms with Crippen molar-refractivity contribution >= 4 is 5.91 Å². The zero-order valence-corrected chi connectivity index (χ0v) is 11.0. The van der Waals surface area contributed by atoms with Gasteiger partial charge in [-0.1, -0.05) is 6.92 Å². The van der Waals surface area contributed by atoms with E-state index in [-0.39, 0.29) is 17.4 Å². The predicted molar refractivity (Wildman–Crippen MR) is 72.2 cm³/mol. The van der Waals surface area contributed by atoms with Crippen LogP contribution in [0.2, 0.25) is 0 Å². The van der Waals surface area contributed by atoms with E-state index in [1.807, 2.05) is 0 Å². The molecule has 0 spiro atoms. The second-order valence-corrected chi connectivity index (χ2v) is 5.14. The van der Waals surface area contributed by atoms with E-state index in [4.69, 9.17) is 0 Å². The molecule has 0 saturated carbocycles. The molecule has 1 aromatic carbocycles. The zero-order valence-electron chi connectivity index (χ0n) is 11.0. The number of amides is 1. The minimum Gasteiger partial charge on any atom is -0.504 e. The van der Waals surface area contributed by atoms with E-state index in [1.54, 1.807) is 0 Å². The molecule has 2 rings (SSSR count). The van der Waals surface area contributed by atoms with Gasteiger partial charge in [0.2, 0.25) is 0 Å². The number of hydrogen-bond donors (Lipinski definition) is 4. The Kier molecular flexibility index (Phi) is 4.27. The average Bonchev–Trinajstić information content (AvgIpc) is 2.40. The quantitative estimate of drug-likeness (QED) is 0.616. The van der Waals surface area contributed by atoms with Gasteiger partial charge in [-0.2, -0.15) is 0 Å². The Morgan fingerprint density at radius 3 is 2.89 bits per heavy atom. The van der Waals surface area contributed by atoms with E-state index in [0.717, 1.165) is 19.5 Å². The van der Waals surface area contributed by atoms with E-state index in [1.165, 1.54) is 18.2 Å². The number of phenols is 2. The first-order valence-electron chi connectivity index (χ1n) is 6.59. The van der Waals surface area contributed by atoms with Gasteiger partial charge in [0.1, 0.15) is 0 Å². The van der Waals surface area contributed by atoms with Crippen molar-refractivity contribution in [2.45, 2.75) is 13.3 Å². The molecule has 5 nitrogen and oxygen atoms in total. The van der Waals surface area contributed by atoms with Crippen molar-refractivity contribution in [3.8, 4) is 11.5 Å². The monoisotopic (exact) mass is 264 g/mol. The largest absolute Gasteiger partial charge is 0.504 e. The first-order valence-corrected chi connectivity index (χ1v) is 6.59. The lowest BCUT2D eigenvalue weighted by molar-refractivity contribution is 0.0938. The van der Waals surface area contributed by atoms with Gasteiger partial charge < -0.3 is 20.8 Å². The average molecular weight is 264 g/mol. The topological polar surface area (TPSA) is 81.6 Å². The fourth-order valence-electron chi connectivity index (χ4n) is 2.32. The molecule has 1 aromatic rings. The number of phenolic OH excluding ortho intramolecular Hbond substituents is 2. The van der Waals surface area contributed by atoms with Crippen LogP contribution in [0.15, 0.2) is 18.2 Å². The molecule has 104 valence electrons. The molecular weight excluding hydrogens is 244 g/mol. The maximum absolute atomic E-state index is 11.9. The van der Waals surface area contributed by atoms with Crippen LogP contribution >= 0.6 is 0 Å². The molecule has 2 unspecified atom stereocenters. The Labute approximate surface area is 112 Å². The van der Waals surface area contributed by atoms with E-state index in [2.05, 4.69) is 17.6 Å². The lowest BCUT2D eigenvalue weighted by Gasteiger charge is -2.29. The van der Waals surface area contributed by atoms with Crippen molar-refractivity contribution in [1.29, 1.82) is 0 Å².